The Hall–Kier alpha value is -2.34. The van der Waals surface area contributed by atoms with Crippen molar-refractivity contribution in [2.45, 2.75) is 20.0 Å². The summed E-state index contributed by atoms with van der Waals surface area (Å²) < 4.78 is 26.4. The highest BCUT2D eigenvalue weighted by Gasteiger charge is 2.11. The number of hydrogen-bond acceptors (Lipinski definition) is 3. The number of halogens is 2. The molecule has 1 N–H and O–H groups in total. The molecule has 0 heterocycles. The van der Waals surface area contributed by atoms with Crippen LogP contribution < -0.4 is 5.32 Å². The fraction of sp³-hybridized carbons (Fsp3) is 0.200. The van der Waals surface area contributed by atoms with E-state index in [4.69, 9.17) is 0 Å². The quantitative estimate of drug-likeness (QED) is 0.678. The molecule has 0 saturated heterocycles. The molecule has 2 aromatic carbocycles. The van der Waals surface area contributed by atoms with Crippen LogP contribution >= 0.6 is 0 Å². The molecule has 2 aromatic rings. The van der Waals surface area contributed by atoms with Gasteiger partial charge < -0.3 is 5.32 Å². The number of rotatable bonds is 5. The van der Waals surface area contributed by atoms with Crippen LogP contribution in [0, 0.1) is 28.7 Å². The lowest BCUT2D eigenvalue weighted by molar-refractivity contribution is -0.385. The third-order valence-electron chi connectivity index (χ3n) is 3.12. The smallest absolute Gasteiger partial charge is 0.272 e. The molecule has 0 aliphatic carbocycles. The van der Waals surface area contributed by atoms with Crippen molar-refractivity contribution in [1.82, 2.24) is 5.32 Å². The van der Waals surface area contributed by atoms with Gasteiger partial charge in [-0.3, -0.25) is 10.1 Å². The topological polar surface area (TPSA) is 55.2 Å². The lowest BCUT2D eigenvalue weighted by Crippen LogP contribution is -2.14. The minimum atomic E-state index is -0.501. The van der Waals surface area contributed by atoms with Crippen LogP contribution in [0.25, 0.3) is 0 Å². The predicted octanol–water partition coefficient (Wildman–Crippen LogP) is 3.47. The Morgan fingerprint density at radius 1 is 1.14 bits per heavy atom. The van der Waals surface area contributed by atoms with Crippen molar-refractivity contribution in [3.05, 3.63) is 74.8 Å². The van der Waals surface area contributed by atoms with Gasteiger partial charge in [-0.05, 0) is 30.7 Å². The SMILES string of the molecule is Cc1ccc(CNCc2cc(F)ccc2F)cc1[N+](=O)[O-]. The Kier molecular flexibility index (Phi) is 4.59. The van der Waals surface area contributed by atoms with Crippen molar-refractivity contribution >= 4 is 5.69 Å². The lowest BCUT2D eigenvalue weighted by Gasteiger charge is -2.07. The lowest BCUT2D eigenvalue weighted by atomic mass is 10.1. The van der Waals surface area contributed by atoms with Crippen molar-refractivity contribution in [3.63, 3.8) is 0 Å². The van der Waals surface area contributed by atoms with E-state index in [1.807, 2.05) is 0 Å². The van der Waals surface area contributed by atoms with Crippen molar-refractivity contribution in [3.8, 4) is 0 Å². The molecule has 2 rings (SSSR count). The highest BCUT2D eigenvalue weighted by molar-refractivity contribution is 5.42. The molecular formula is C15H14F2N2O2. The minimum absolute atomic E-state index is 0.0474. The van der Waals surface area contributed by atoms with Gasteiger partial charge in [0.1, 0.15) is 11.6 Å². The van der Waals surface area contributed by atoms with E-state index in [2.05, 4.69) is 5.32 Å². The fourth-order valence-electron chi connectivity index (χ4n) is 1.98. The molecule has 0 amide bonds. The standard InChI is InChI=1S/C15H14F2N2O2/c1-10-2-3-11(6-15(10)19(20)21)8-18-9-12-7-13(16)4-5-14(12)17/h2-7,18H,8-9H2,1H3. The van der Waals surface area contributed by atoms with Gasteiger partial charge >= 0.3 is 0 Å². The maximum Gasteiger partial charge on any atom is 0.272 e. The van der Waals surface area contributed by atoms with Crippen LogP contribution in [0.15, 0.2) is 36.4 Å². The molecule has 0 radical (unpaired) electrons. The van der Waals surface area contributed by atoms with Crippen molar-refractivity contribution in [2.24, 2.45) is 0 Å². The normalized spacial score (nSPS) is 10.6. The summed E-state index contributed by atoms with van der Waals surface area (Å²) in [6.07, 6.45) is 0. The average molecular weight is 292 g/mol. The first kappa shape index (κ1) is 15.1. The summed E-state index contributed by atoms with van der Waals surface area (Å²) in [4.78, 5) is 10.4. The third kappa shape index (κ3) is 3.82. The van der Waals surface area contributed by atoms with Gasteiger partial charge in [-0.1, -0.05) is 12.1 Å². The van der Waals surface area contributed by atoms with Crippen LogP contribution in [0.3, 0.4) is 0 Å². The van der Waals surface area contributed by atoms with Crippen LogP contribution in [-0.4, -0.2) is 4.92 Å². The molecule has 0 bridgehead atoms. The molecule has 0 spiro atoms. The van der Waals surface area contributed by atoms with Gasteiger partial charge in [-0.2, -0.15) is 0 Å². The maximum absolute atomic E-state index is 13.4. The summed E-state index contributed by atoms with van der Waals surface area (Å²) in [5.74, 6) is -0.988. The number of hydrogen-bond donors (Lipinski definition) is 1. The summed E-state index contributed by atoms with van der Waals surface area (Å²) in [6, 6.07) is 8.16. The Labute approximate surface area is 120 Å². The zero-order valence-electron chi connectivity index (χ0n) is 11.4. The molecule has 0 aromatic heterocycles. The van der Waals surface area contributed by atoms with E-state index in [0.717, 1.165) is 18.2 Å². The van der Waals surface area contributed by atoms with E-state index in [1.165, 1.54) is 6.07 Å². The fourth-order valence-corrected chi connectivity index (χ4v) is 1.98. The molecule has 4 nitrogen and oxygen atoms in total. The second-order valence-electron chi connectivity index (χ2n) is 4.72. The molecular weight excluding hydrogens is 278 g/mol. The summed E-state index contributed by atoms with van der Waals surface area (Å²) >= 11 is 0. The molecule has 110 valence electrons. The first-order chi connectivity index (χ1) is 9.97. The summed E-state index contributed by atoms with van der Waals surface area (Å²) in [7, 11) is 0. The van der Waals surface area contributed by atoms with E-state index in [9.17, 15) is 18.9 Å². The zero-order chi connectivity index (χ0) is 15.4. The molecule has 0 aliphatic heterocycles. The Morgan fingerprint density at radius 2 is 1.90 bits per heavy atom. The van der Waals surface area contributed by atoms with Gasteiger partial charge in [0.05, 0.1) is 4.92 Å². The molecule has 0 fully saturated rings. The molecule has 0 atom stereocenters. The molecule has 0 saturated carbocycles. The Bertz CT molecular complexity index is 675. The minimum Gasteiger partial charge on any atom is -0.309 e. The number of aryl methyl sites for hydroxylation is 1. The van der Waals surface area contributed by atoms with Crippen molar-refractivity contribution in [2.75, 3.05) is 0 Å². The Balaban J connectivity index is 2.02. The van der Waals surface area contributed by atoms with E-state index in [-0.39, 0.29) is 17.8 Å². The van der Waals surface area contributed by atoms with E-state index in [0.29, 0.717) is 17.7 Å². The van der Waals surface area contributed by atoms with Crippen LogP contribution in [0.2, 0.25) is 0 Å². The first-order valence-corrected chi connectivity index (χ1v) is 6.36. The summed E-state index contributed by atoms with van der Waals surface area (Å²) in [6.45, 7) is 2.14. The van der Waals surface area contributed by atoms with Crippen molar-refractivity contribution < 1.29 is 13.7 Å². The van der Waals surface area contributed by atoms with Crippen LogP contribution in [0.5, 0.6) is 0 Å². The average Bonchev–Trinajstić information content (AvgIpc) is 2.44. The zero-order valence-corrected chi connectivity index (χ0v) is 11.4. The molecule has 6 heteroatoms. The number of nitro groups is 1. The number of nitrogens with zero attached hydrogens (tertiary/aromatic N) is 1. The number of nitrogens with one attached hydrogen (secondary N) is 1. The Morgan fingerprint density at radius 3 is 2.62 bits per heavy atom. The van der Waals surface area contributed by atoms with Gasteiger partial charge in [-0.15, -0.1) is 0 Å². The highest BCUT2D eigenvalue weighted by Crippen LogP contribution is 2.19. The van der Waals surface area contributed by atoms with Gasteiger partial charge in [0.15, 0.2) is 0 Å². The predicted molar refractivity (Wildman–Crippen MR) is 74.7 cm³/mol. The molecule has 0 aliphatic rings. The highest BCUT2D eigenvalue weighted by atomic mass is 19.1. The van der Waals surface area contributed by atoms with Crippen molar-refractivity contribution in [1.29, 1.82) is 0 Å². The molecule has 21 heavy (non-hydrogen) atoms. The number of benzene rings is 2. The third-order valence-corrected chi connectivity index (χ3v) is 3.12. The van der Waals surface area contributed by atoms with Gasteiger partial charge in [0.25, 0.3) is 5.69 Å². The van der Waals surface area contributed by atoms with Gasteiger partial charge in [-0.25, -0.2) is 8.78 Å². The summed E-state index contributed by atoms with van der Waals surface area (Å²) in [5.41, 5.74) is 1.56. The van der Waals surface area contributed by atoms with Gasteiger partial charge in [0, 0.05) is 30.3 Å². The maximum atomic E-state index is 13.4. The summed E-state index contributed by atoms with van der Waals surface area (Å²) in [5, 5.41) is 13.8. The van der Waals surface area contributed by atoms with E-state index in [1.54, 1.807) is 19.1 Å². The van der Waals surface area contributed by atoms with Crippen LogP contribution in [-0.2, 0) is 13.1 Å². The first-order valence-electron chi connectivity index (χ1n) is 6.36. The van der Waals surface area contributed by atoms with Crippen LogP contribution in [0.1, 0.15) is 16.7 Å². The monoisotopic (exact) mass is 292 g/mol. The van der Waals surface area contributed by atoms with Gasteiger partial charge in [0.2, 0.25) is 0 Å². The molecule has 0 unspecified atom stereocenters. The van der Waals surface area contributed by atoms with Crippen LogP contribution in [0.4, 0.5) is 14.5 Å². The van der Waals surface area contributed by atoms with E-state index < -0.39 is 16.6 Å². The number of nitro benzene ring substituents is 1. The second kappa shape index (κ2) is 6.41. The second-order valence-corrected chi connectivity index (χ2v) is 4.72. The largest absolute Gasteiger partial charge is 0.309 e. The van der Waals surface area contributed by atoms with E-state index >= 15 is 0 Å².